The highest BCUT2D eigenvalue weighted by Crippen LogP contribution is 2.28. The van der Waals surface area contributed by atoms with E-state index in [9.17, 15) is 0 Å². The SMILES string of the molecule is CCCCCCCCCCCCC(NCC)C(C)(C)CC. The van der Waals surface area contributed by atoms with E-state index in [1.165, 1.54) is 77.0 Å². The number of hydrogen-bond acceptors (Lipinski definition) is 1. The monoisotopic (exact) mass is 297 g/mol. The summed E-state index contributed by atoms with van der Waals surface area (Å²) < 4.78 is 0. The Morgan fingerprint density at radius 3 is 1.62 bits per heavy atom. The Bertz CT molecular complexity index is 210. The van der Waals surface area contributed by atoms with E-state index in [1.807, 2.05) is 0 Å². The van der Waals surface area contributed by atoms with Crippen LogP contribution in [0, 0.1) is 5.41 Å². The summed E-state index contributed by atoms with van der Waals surface area (Å²) in [5, 5.41) is 3.70. The Kier molecular flexibility index (Phi) is 13.6. The predicted molar refractivity (Wildman–Crippen MR) is 98.0 cm³/mol. The molecule has 0 rings (SSSR count). The van der Waals surface area contributed by atoms with Gasteiger partial charge in [0.05, 0.1) is 0 Å². The van der Waals surface area contributed by atoms with Gasteiger partial charge in [0.15, 0.2) is 0 Å². The van der Waals surface area contributed by atoms with Crippen LogP contribution in [0.1, 0.15) is 112 Å². The first-order valence-electron chi connectivity index (χ1n) is 9.81. The van der Waals surface area contributed by atoms with Gasteiger partial charge < -0.3 is 5.32 Å². The van der Waals surface area contributed by atoms with E-state index in [-0.39, 0.29) is 0 Å². The van der Waals surface area contributed by atoms with Gasteiger partial charge in [-0.15, -0.1) is 0 Å². The fourth-order valence-corrected chi connectivity index (χ4v) is 3.10. The van der Waals surface area contributed by atoms with Gasteiger partial charge in [0.1, 0.15) is 0 Å². The van der Waals surface area contributed by atoms with E-state index >= 15 is 0 Å². The summed E-state index contributed by atoms with van der Waals surface area (Å²) >= 11 is 0. The van der Waals surface area contributed by atoms with Crippen molar-refractivity contribution >= 4 is 0 Å². The van der Waals surface area contributed by atoms with E-state index in [1.54, 1.807) is 0 Å². The lowest BCUT2D eigenvalue weighted by molar-refractivity contribution is 0.218. The molecule has 0 aromatic carbocycles. The van der Waals surface area contributed by atoms with Crippen molar-refractivity contribution in [1.29, 1.82) is 0 Å². The third kappa shape index (κ3) is 11.2. The number of rotatable bonds is 15. The van der Waals surface area contributed by atoms with Gasteiger partial charge in [-0.1, -0.05) is 98.8 Å². The molecule has 1 atom stereocenters. The molecular weight excluding hydrogens is 254 g/mol. The molecule has 0 radical (unpaired) electrons. The summed E-state index contributed by atoms with van der Waals surface area (Å²) in [6.45, 7) is 12.8. The predicted octanol–water partition coefficient (Wildman–Crippen LogP) is 6.71. The van der Waals surface area contributed by atoms with Gasteiger partial charge in [-0.2, -0.15) is 0 Å². The van der Waals surface area contributed by atoms with Crippen LogP contribution in [0.2, 0.25) is 0 Å². The Balaban J connectivity index is 3.54. The third-order valence-electron chi connectivity index (χ3n) is 5.15. The lowest BCUT2D eigenvalue weighted by Gasteiger charge is -2.34. The molecule has 0 bridgehead atoms. The molecule has 0 amide bonds. The van der Waals surface area contributed by atoms with E-state index in [0.717, 1.165) is 6.54 Å². The van der Waals surface area contributed by atoms with Crippen LogP contribution in [0.25, 0.3) is 0 Å². The fraction of sp³-hybridized carbons (Fsp3) is 1.00. The highest BCUT2D eigenvalue weighted by atomic mass is 14.9. The van der Waals surface area contributed by atoms with Crippen LogP contribution in [0.5, 0.6) is 0 Å². The second-order valence-electron chi connectivity index (χ2n) is 7.42. The standard InChI is InChI=1S/C20H43N/c1-6-9-10-11-12-13-14-15-16-17-18-19(21-8-3)20(4,5)7-2/h19,21H,6-18H2,1-5H3. The van der Waals surface area contributed by atoms with Crippen LogP contribution in [-0.4, -0.2) is 12.6 Å². The van der Waals surface area contributed by atoms with Gasteiger partial charge in [0.25, 0.3) is 0 Å². The molecule has 1 heteroatoms. The average Bonchev–Trinajstić information content (AvgIpc) is 2.48. The Morgan fingerprint density at radius 1 is 0.714 bits per heavy atom. The molecule has 128 valence electrons. The molecule has 0 aliphatic rings. The van der Waals surface area contributed by atoms with Gasteiger partial charge >= 0.3 is 0 Å². The summed E-state index contributed by atoms with van der Waals surface area (Å²) in [7, 11) is 0. The van der Waals surface area contributed by atoms with E-state index < -0.39 is 0 Å². The molecule has 1 nitrogen and oxygen atoms in total. The molecule has 0 aliphatic carbocycles. The van der Waals surface area contributed by atoms with Crippen LogP contribution < -0.4 is 5.32 Å². The maximum absolute atomic E-state index is 3.70. The average molecular weight is 298 g/mol. The van der Waals surface area contributed by atoms with Crippen LogP contribution >= 0.6 is 0 Å². The summed E-state index contributed by atoms with van der Waals surface area (Å²) in [4.78, 5) is 0. The summed E-state index contributed by atoms with van der Waals surface area (Å²) in [5.74, 6) is 0. The Hall–Kier alpha value is -0.0400. The molecule has 0 aliphatic heterocycles. The zero-order valence-corrected chi connectivity index (χ0v) is 15.8. The minimum absolute atomic E-state index is 0.440. The zero-order chi connectivity index (χ0) is 16.0. The molecule has 0 heterocycles. The van der Waals surface area contributed by atoms with Crippen molar-refractivity contribution < 1.29 is 0 Å². The van der Waals surface area contributed by atoms with Crippen molar-refractivity contribution in [2.24, 2.45) is 5.41 Å². The summed E-state index contributed by atoms with van der Waals surface area (Å²) in [6, 6.07) is 0.696. The molecule has 1 unspecified atom stereocenters. The highest BCUT2D eigenvalue weighted by Gasteiger charge is 2.26. The topological polar surface area (TPSA) is 12.0 Å². The Morgan fingerprint density at radius 2 is 1.19 bits per heavy atom. The largest absolute Gasteiger partial charge is 0.314 e. The van der Waals surface area contributed by atoms with Crippen LogP contribution in [0.3, 0.4) is 0 Å². The third-order valence-corrected chi connectivity index (χ3v) is 5.15. The van der Waals surface area contributed by atoms with Gasteiger partial charge in [-0.05, 0) is 24.8 Å². The maximum atomic E-state index is 3.70. The first-order chi connectivity index (χ1) is 10.1. The summed E-state index contributed by atoms with van der Waals surface area (Å²) in [5.41, 5.74) is 0.440. The fourth-order valence-electron chi connectivity index (χ4n) is 3.10. The van der Waals surface area contributed by atoms with Crippen molar-refractivity contribution in [1.82, 2.24) is 5.32 Å². The molecule has 1 N–H and O–H groups in total. The number of hydrogen-bond donors (Lipinski definition) is 1. The highest BCUT2D eigenvalue weighted by molar-refractivity contribution is 4.82. The van der Waals surface area contributed by atoms with E-state index in [4.69, 9.17) is 0 Å². The van der Waals surface area contributed by atoms with Crippen molar-refractivity contribution in [3.63, 3.8) is 0 Å². The van der Waals surface area contributed by atoms with Gasteiger partial charge in [0.2, 0.25) is 0 Å². The normalized spacial score (nSPS) is 13.6. The smallest absolute Gasteiger partial charge is 0.0118 e. The minimum atomic E-state index is 0.440. The number of unbranched alkanes of at least 4 members (excludes halogenated alkanes) is 9. The maximum Gasteiger partial charge on any atom is 0.0118 e. The first kappa shape index (κ1) is 21.0. The molecule has 0 spiro atoms. The Labute approximate surface area is 135 Å². The van der Waals surface area contributed by atoms with Crippen LogP contribution in [0.4, 0.5) is 0 Å². The van der Waals surface area contributed by atoms with Gasteiger partial charge in [-0.3, -0.25) is 0 Å². The van der Waals surface area contributed by atoms with Gasteiger partial charge in [0, 0.05) is 6.04 Å². The second kappa shape index (κ2) is 13.6. The van der Waals surface area contributed by atoms with Crippen molar-refractivity contribution in [2.75, 3.05) is 6.54 Å². The minimum Gasteiger partial charge on any atom is -0.314 e. The van der Waals surface area contributed by atoms with Crippen LogP contribution in [-0.2, 0) is 0 Å². The lowest BCUT2D eigenvalue weighted by Crippen LogP contribution is -2.41. The quantitative estimate of drug-likeness (QED) is 0.331. The van der Waals surface area contributed by atoms with Crippen molar-refractivity contribution in [3.8, 4) is 0 Å². The molecule has 21 heavy (non-hydrogen) atoms. The molecule has 0 aromatic heterocycles. The lowest BCUT2D eigenvalue weighted by atomic mass is 9.79. The zero-order valence-electron chi connectivity index (χ0n) is 15.8. The summed E-state index contributed by atoms with van der Waals surface area (Å²) in [6.07, 6.45) is 17.0. The van der Waals surface area contributed by atoms with Crippen LogP contribution in [0.15, 0.2) is 0 Å². The van der Waals surface area contributed by atoms with Crippen molar-refractivity contribution in [2.45, 2.75) is 118 Å². The van der Waals surface area contributed by atoms with Crippen molar-refractivity contribution in [3.05, 3.63) is 0 Å². The molecule has 0 saturated carbocycles. The molecular formula is C20H43N. The first-order valence-corrected chi connectivity index (χ1v) is 9.81. The van der Waals surface area contributed by atoms with E-state index in [2.05, 4.69) is 39.9 Å². The molecule has 0 fully saturated rings. The number of nitrogens with one attached hydrogen (secondary N) is 1. The molecule has 0 aromatic rings. The van der Waals surface area contributed by atoms with Gasteiger partial charge in [-0.25, -0.2) is 0 Å². The second-order valence-corrected chi connectivity index (χ2v) is 7.42. The molecule has 0 saturated heterocycles. The van der Waals surface area contributed by atoms with E-state index in [0.29, 0.717) is 11.5 Å².